The predicted molar refractivity (Wildman–Crippen MR) is 94.5 cm³/mol. The van der Waals surface area contributed by atoms with E-state index in [2.05, 4.69) is 19.7 Å². The van der Waals surface area contributed by atoms with Crippen LogP contribution < -0.4 is 0 Å². The Balaban J connectivity index is 1.40. The SMILES string of the molecule is O=C(O)C1(CCN2CCCC(c3nnc4n3CCCCC4)C2)CCC1. The van der Waals surface area contributed by atoms with E-state index < -0.39 is 11.4 Å². The lowest BCUT2D eigenvalue weighted by molar-refractivity contribution is -0.155. The summed E-state index contributed by atoms with van der Waals surface area (Å²) >= 11 is 0. The molecule has 6 heteroatoms. The molecule has 3 aliphatic rings. The van der Waals surface area contributed by atoms with Crippen LogP contribution in [0.1, 0.15) is 75.4 Å². The van der Waals surface area contributed by atoms with Gasteiger partial charge in [-0.25, -0.2) is 0 Å². The van der Waals surface area contributed by atoms with Gasteiger partial charge in [-0.1, -0.05) is 12.8 Å². The molecule has 25 heavy (non-hydrogen) atoms. The number of piperidine rings is 1. The van der Waals surface area contributed by atoms with Crippen molar-refractivity contribution in [3.8, 4) is 0 Å². The molecule has 1 N–H and O–H groups in total. The van der Waals surface area contributed by atoms with Crippen molar-refractivity contribution in [2.45, 2.75) is 76.7 Å². The van der Waals surface area contributed by atoms with Crippen LogP contribution in [0.25, 0.3) is 0 Å². The zero-order valence-corrected chi connectivity index (χ0v) is 15.1. The van der Waals surface area contributed by atoms with E-state index in [0.29, 0.717) is 5.92 Å². The van der Waals surface area contributed by atoms with Gasteiger partial charge in [0, 0.05) is 25.4 Å². The summed E-state index contributed by atoms with van der Waals surface area (Å²) in [4.78, 5) is 14.0. The standard InChI is InChI=1S/C19H30N4O2/c24-18(25)19(8-5-9-19)10-13-22-11-4-6-15(14-22)17-21-20-16-7-2-1-3-12-23(16)17/h15H,1-14H2,(H,24,25). The number of aryl methyl sites for hydroxylation is 1. The Labute approximate surface area is 149 Å². The zero-order valence-electron chi connectivity index (χ0n) is 15.1. The summed E-state index contributed by atoms with van der Waals surface area (Å²) in [6.45, 7) is 4.07. The number of rotatable bonds is 5. The van der Waals surface area contributed by atoms with Crippen LogP contribution in [0, 0.1) is 5.41 Å². The van der Waals surface area contributed by atoms with Crippen LogP contribution in [-0.4, -0.2) is 50.4 Å². The fraction of sp³-hybridized carbons (Fsp3) is 0.842. The molecule has 0 spiro atoms. The molecule has 1 saturated carbocycles. The highest BCUT2D eigenvalue weighted by atomic mass is 16.4. The van der Waals surface area contributed by atoms with Gasteiger partial charge in [-0.05, 0) is 58.0 Å². The molecule has 1 saturated heterocycles. The van der Waals surface area contributed by atoms with Crippen LogP contribution in [0.15, 0.2) is 0 Å². The number of fused-ring (bicyclic) bond motifs is 1. The maximum atomic E-state index is 11.6. The molecule has 1 atom stereocenters. The lowest BCUT2D eigenvalue weighted by atomic mass is 9.66. The van der Waals surface area contributed by atoms with Crippen LogP contribution in [-0.2, 0) is 17.8 Å². The first-order valence-electron chi connectivity index (χ1n) is 10.1. The molecular weight excluding hydrogens is 316 g/mol. The molecule has 0 bridgehead atoms. The van der Waals surface area contributed by atoms with E-state index in [9.17, 15) is 9.90 Å². The van der Waals surface area contributed by atoms with E-state index in [4.69, 9.17) is 0 Å². The molecule has 2 aliphatic heterocycles. The highest BCUT2D eigenvalue weighted by molar-refractivity contribution is 5.75. The van der Waals surface area contributed by atoms with Gasteiger partial charge in [-0.2, -0.15) is 0 Å². The van der Waals surface area contributed by atoms with Gasteiger partial charge in [0.2, 0.25) is 0 Å². The van der Waals surface area contributed by atoms with Gasteiger partial charge in [0.15, 0.2) is 0 Å². The second kappa shape index (κ2) is 7.06. The highest BCUT2D eigenvalue weighted by Crippen LogP contribution is 2.44. The van der Waals surface area contributed by atoms with E-state index in [1.165, 1.54) is 43.8 Å². The maximum Gasteiger partial charge on any atom is 0.309 e. The summed E-state index contributed by atoms with van der Waals surface area (Å²) < 4.78 is 2.38. The highest BCUT2D eigenvalue weighted by Gasteiger charge is 2.44. The Kier molecular flexibility index (Phi) is 4.80. The molecule has 1 unspecified atom stereocenters. The quantitative estimate of drug-likeness (QED) is 0.888. The molecule has 4 rings (SSSR count). The fourth-order valence-corrected chi connectivity index (χ4v) is 4.83. The first kappa shape index (κ1) is 17.0. The maximum absolute atomic E-state index is 11.6. The largest absolute Gasteiger partial charge is 0.481 e. The molecule has 6 nitrogen and oxygen atoms in total. The van der Waals surface area contributed by atoms with Crippen molar-refractivity contribution >= 4 is 5.97 Å². The van der Waals surface area contributed by atoms with Gasteiger partial charge in [0.05, 0.1) is 5.41 Å². The van der Waals surface area contributed by atoms with E-state index in [1.54, 1.807) is 0 Å². The first-order valence-corrected chi connectivity index (χ1v) is 10.1. The summed E-state index contributed by atoms with van der Waals surface area (Å²) in [7, 11) is 0. The van der Waals surface area contributed by atoms with Crippen LogP contribution in [0.5, 0.6) is 0 Å². The van der Waals surface area contributed by atoms with Crippen molar-refractivity contribution in [2.24, 2.45) is 5.41 Å². The molecule has 0 radical (unpaired) electrons. The molecule has 1 aliphatic carbocycles. The smallest absolute Gasteiger partial charge is 0.309 e. The Morgan fingerprint density at radius 1 is 1.12 bits per heavy atom. The molecule has 0 aromatic carbocycles. The Bertz CT molecular complexity index is 623. The van der Waals surface area contributed by atoms with Crippen molar-refractivity contribution in [3.63, 3.8) is 0 Å². The number of carbonyl (C=O) groups is 1. The van der Waals surface area contributed by atoms with E-state index in [0.717, 1.165) is 58.3 Å². The summed E-state index contributed by atoms with van der Waals surface area (Å²) in [6, 6.07) is 0. The number of aromatic nitrogens is 3. The lowest BCUT2D eigenvalue weighted by Crippen LogP contribution is -2.43. The number of likely N-dealkylation sites (tertiary alicyclic amines) is 1. The normalized spacial score (nSPS) is 26.5. The van der Waals surface area contributed by atoms with E-state index >= 15 is 0 Å². The number of aliphatic carboxylic acids is 1. The Morgan fingerprint density at radius 2 is 2.00 bits per heavy atom. The summed E-state index contributed by atoms with van der Waals surface area (Å²) in [5, 5.41) is 18.6. The lowest BCUT2D eigenvalue weighted by Gasteiger charge is -2.40. The minimum atomic E-state index is -0.588. The molecular formula is C19H30N4O2. The van der Waals surface area contributed by atoms with Gasteiger partial charge in [-0.3, -0.25) is 4.79 Å². The molecule has 0 amide bonds. The van der Waals surface area contributed by atoms with Crippen LogP contribution >= 0.6 is 0 Å². The van der Waals surface area contributed by atoms with Gasteiger partial charge < -0.3 is 14.6 Å². The van der Waals surface area contributed by atoms with Gasteiger partial charge >= 0.3 is 5.97 Å². The fourth-order valence-electron chi connectivity index (χ4n) is 4.83. The summed E-state index contributed by atoms with van der Waals surface area (Å²) in [6.07, 6.45) is 10.7. The Hall–Kier alpha value is -1.43. The zero-order chi connectivity index (χ0) is 17.3. The van der Waals surface area contributed by atoms with Gasteiger partial charge in [0.25, 0.3) is 0 Å². The molecule has 2 fully saturated rings. The van der Waals surface area contributed by atoms with Crippen molar-refractivity contribution in [1.29, 1.82) is 0 Å². The third-order valence-corrected chi connectivity index (χ3v) is 6.68. The third kappa shape index (κ3) is 3.33. The van der Waals surface area contributed by atoms with Gasteiger partial charge in [-0.15, -0.1) is 10.2 Å². The summed E-state index contributed by atoms with van der Waals surface area (Å²) in [5.74, 6) is 2.22. The second-order valence-electron chi connectivity index (χ2n) is 8.27. The molecule has 1 aromatic heterocycles. The van der Waals surface area contributed by atoms with Crippen LogP contribution in [0.2, 0.25) is 0 Å². The number of nitrogens with zero attached hydrogens (tertiary/aromatic N) is 4. The average molecular weight is 346 g/mol. The van der Waals surface area contributed by atoms with Crippen molar-refractivity contribution in [3.05, 3.63) is 11.6 Å². The number of carboxylic acids is 1. The molecule has 3 heterocycles. The molecule has 138 valence electrons. The second-order valence-corrected chi connectivity index (χ2v) is 8.27. The molecule has 1 aromatic rings. The predicted octanol–water partition coefficient (Wildman–Crippen LogP) is 2.83. The Morgan fingerprint density at radius 3 is 2.76 bits per heavy atom. The van der Waals surface area contributed by atoms with Crippen molar-refractivity contribution in [1.82, 2.24) is 19.7 Å². The number of carboxylic acid groups (broad SMARTS) is 1. The van der Waals surface area contributed by atoms with E-state index in [-0.39, 0.29) is 0 Å². The van der Waals surface area contributed by atoms with Crippen LogP contribution in [0.4, 0.5) is 0 Å². The summed E-state index contributed by atoms with van der Waals surface area (Å²) in [5.41, 5.74) is -0.432. The van der Waals surface area contributed by atoms with Crippen LogP contribution in [0.3, 0.4) is 0 Å². The van der Waals surface area contributed by atoms with Gasteiger partial charge in [0.1, 0.15) is 11.6 Å². The number of hydrogen-bond donors (Lipinski definition) is 1. The monoisotopic (exact) mass is 346 g/mol. The van der Waals surface area contributed by atoms with E-state index in [1.807, 2.05) is 0 Å². The first-order chi connectivity index (χ1) is 12.2. The third-order valence-electron chi connectivity index (χ3n) is 6.68. The number of hydrogen-bond acceptors (Lipinski definition) is 4. The minimum absolute atomic E-state index is 0.432. The van der Waals surface area contributed by atoms with Crippen molar-refractivity contribution in [2.75, 3.05) is 19.6 Å². The van der Waals surface area contributed by atoms with Crippen molar-refractivity contribution < 1.29 is 9.90 Å². The average Bonchev–Trinajstić information content (AvgIpc) is 2.82. The minimum Gasteiger partial charge on any atom is -0.481 e. The topological polar surface area (TPSA) is 71.2 Å².